The van der Waals surface area contributed by atoms with Crippen LogP contribution in [-0.4, -0.2) is 20.7 Å². The summed E-state index contributed by atoms with van der Waals surface area (Å²) < 4.78 is 14.2. The van der Waals surface area contributed by atoms with Gasteiger partial charge in [0.2, 0.25) is 0 Å². The van der Waals surface area contributed by atoms with Gasteiger partial charge in [-0.25, -0.2) is 4.39 Å². The minimum atomic E-state index is -1.10. The van der Waals surface area contributed by atoms with E-state index < -0.39 is 11.0 Å². The van der Waals surface area contributed by atoms with E-state index in [4.69, 9.17) is 0 Å². The number of halogens is 1. The van der Waals surface area contributed by atoms with Crippen LogP contribution in [0.25, 0.3) is 10.9 Å². The zero-order valence-electron chi connectivity index (χ0n) is 20.1. The Kier molecular flexibility index (Phi) is 6.15. The van der Waals surface area contributed by atoms with Gasteiger partial charge in [-0.1, -0.05) is 64.1 Å². The van der Waals surface area contributed by atoms with Crippen LogP contribution >= 0.6 is 0 Å². The molecule has 33 heavy (non-hydrogen) atoms. The van der Waals surface area contributed by atoms with Crippen LogP contribution in [0.15, 0.2) is 73.1 Å². The van der Waals surface area contributed by atoms with Gasteiger partial charge in [-0.3, -0.25) is 4.98 Å². The van der Waals surface area contributed by atoms with Gasteiger partial charge in [0.15, 0.2) is 0 Å². The maximum atomic E-state index is 14.2. The Labute approximate surface area is 195 Å². The Hall–Kier alpha value is -2.98. The second-order valence-corrected chi connectivity index (χ2v) is 10.2. The zero-order valence-corrected chi connectivity index (χ0v) is 20.1. The molecule has 172 valence electrons. The van der Waals surface area contributed by atoms with E-state index in [1.807, 2.05) is 43.5 Å². The number of hydrogen-bond acceptors (Lipinski definition) is 2. The highest BCUT2D eigenvalue weighted by molar-refractivity contribution is 5.79. The molecule has 2 N–H and O–H groups in total. The minimum absolute atomic E-state index is 0.0552. The molecule has 0 spiro atoms. The van der Waals surface area contributed by atoms with Crippen molar-refractivity contribution in [1.82, 2.24) is 9.97 Å². The van der Waals surface area contributed by atoms with E-state index >= 15 is 0 Å². The Bertz CT molecular complexity index is 1210. The number of aliphatic hydroxyl groups is 1. The minimum Gasteiger partial charge on any atom is -0.389 e. The van der Waals surface area contributed by atoms with Crippen LogP contribution in [0.2, 0.25) is 0 Å². The van der Waals surface area contributed by atoms with Gasteiger partial charge in [-0.15, -0.1) is 0 Å². The molecule has 0 aliphatic carbocycles. The fraction of sp³-hybridized carbons (Fsp3) is 0.345. The summed E-state index contributed by atoms with van der Waals surface area (Å²) in [6.07, 6.45) is 4.06. The molecular formula is C29H33FN2O. The highest BCUT2D eigenvalue weighted by Gasteiger charge is 2.46. The number of nitrogens with one attached hydrogen (secondary N) is 1. The number of nitrogens with zero attached hydrogens (tertiary/aromatic N) is 1. The monoisotopic (exact) mass is 444 g/mol. The van der Waals surface area contributed by atoms with E-state index in [0.717, 1.165) is 33.3 Å². The molecule has 0 amide bonds. The molecule has 0 saturated carbocycles. The first-order chi connectivity index (χ1) is 15.6. The zero-order chi connectivity index (χ0) is 23.8. The molecule has 0 fully saturated rings. The predicted molar refractivity (Wildman–Crippen MR) is 133 cm³/mol. The van der Waals surface area contributed by atoms with Crippen molar-refractivity contribution in [1.29, 1.82) is 0 Å². The van der Waals surface area contributed by atoms with Crippen molar-refractivity contribution in [2.75, 3.05) is 0 Å². The quantitative estimate of drug-likeness (QED) is 0.326. The lowest BCUT2D eigenvalue weighted by molar-refractivity contribution is -0.0439. The SMILES string of the molecule is Cc1ccc(F)cc1C(C)(C)CC(O)(C(C)C)C(c1ccccc1)c1cc2ccncc2[nH]1. The highest BCUT2D eigenvalue weighted by Crippen LogP contribution is 2.47. The molecule has 3 nitrogen and oxygen atoms in total. The lowest BCUT2D eigenvalue weighted by Gasteiger charge is -2.45. The van der Waals surface area contributed by atoms with Crippen molar-refractivity contribution in [3.05, 3.63) is 101 Å². The third kappa shape index (κ3) is 4.45. The van der Waals surface area contributed by atoms with Crippen molar-refractivity contribution in [3.8, 4) is 0 Å². The van der Waals surface area contributed by atoms with Gasteiger partial charge < -0.3 is 10.1 Å². The number of aromatic amines is 1. The van der Waals surface area contributed by atoms with E-state index in [9.17, 15) is 9.50 Å². The Morgan fingerprint density at radius 1 is 1.03 bits per heavy atom. The second-order valence-electron chi connectivity index (χ2n) is 10.2. The Morgan fingerprint density at radius 3 is 2.42 bits per heavy atom. The van der Waals surface area contributed by atoms with E-state index in [-0.39, 0.29) is 17.7 Å². The smallest absolute Gasteiger partial charge is 0.123 e. The van der Waals surface area contributed by atoms with Crippen molar-refractivity contribution in [3.63, 3.8) is 0 Å². The van der Waals surface area contributed by atoms with Gasteiger partial charge in [0.1, 0.15) is 5.82 Å². The average Bonchev–Trinajstić information content (AvgIpc) is 3.19. The summed E-state index contributed by atoms with van der Waals surface area (Å²) >= 11 is 0. The van der Waals surface area contributed by atoms with Gasteiger partial charge in [-0.2, -0.15) is 0 Å². The van der Waals surface area contributed by atoms with Crippen molar-refractivity contribution in [2.45, 2.75) is 58.0 Å². The summed E-state index contributed by atoms with van der Waals surface area (Å²) in [4.78, 5) is 7.76. The first-order valence-corrected chi connectivity index (χ1v) is 11.6. The van der Waals surface area contributed by atoms with E-state index in [2.05, 4.69) is 55.9 Å². The number of benzene rings is 2. The van der Waals surface area contributed by atoms with Crippen molar-refractivity contribution in [2.24, 2.45) is 5.92 Å². The summed E-state index contributed by atoms with van der Waals surface area (Å²) in [6.45, 7) is 10.3. The van der Waals surface area contributed by atoms with Crippen LogP contribution in [0.5, 0.6) is 0 Å². The molecule has 0 bridgehead atoms. The molecule has 0 aliphatic rings. The predicted octanol–water partition coefficient (Wildman–Crippen LogP) is 6.90. The molecule has 0 saturated heterocycles. The topological polar surface area (TPSA) is 48.9 Å². The van der Waals surface area contributed by atoms with E-state index in [1.54, 1.807) is 12.3 Å². The second kappa shape index (κ2) is 8.75. The lowest BCUT2D eigenvalue weighted by Crippen LogP contribution is -2.47. The van der Waals surface area contributed by atoms with Gasteiger partial charge in [-0.05, 0) is 65.6 Å². The summed E-state index contributed by atoms with van der Waals surface area (Å²) in [6, 6.07) is 19.2. The highest BCUT2D eigenvalue weighted by atomic mass is 19.1. The summed E-state index contributed by atoms with van der Waals surface area (Å²) in [5.41, 5.74) is 3.34. The number of fused-ring (bicyclic) bond motifs is 1. The van der Waals surface area contributed by atoms with Crippen LogP contribution in [-0.2, 0) is 5.41 Å². The van der Waals surface area contributed by atoms with Crippen LogP contribution in [0.1, 0.15) is 62.4 Å². The van der Waals surface area contributed by atoms with Crippen LogP contribution in [0.3, 0.4) is 0 Å². The molecule has 2 heterocycles. The lowest BCUT2D eigenvalue weighted by atomic mass is 9.64. The van der Waals surface area contributed by atoms with Crippen LogP contribution in [0.4, 0.5) is 4.39 Å². The number of aryl methyl sites for hydroxylation is 1. The molecule has 2 aromatic heterocycles. The molecule has 2 aromatic carbocycles. The molecule has 0 aliphatic heterocycles. The number of aromatic nitrogens is 2. The first-order valence-electron chi connectivity index (χ1n) is 11.6. The Morgan fingerprint density at radius 2 is 1.76 bits per heavy atom. The number of H-pyrrole nitrogens is 1. The molecule has 2 unspecified atom stereocenters. The average molecular weight is 445 g/mol. The van der Waals surface area contributed by atoms with Gasteiger partial charge in [0.25, 0.3) is 0 Å². The summed E-state index contributed by atoms with van der Waals surface area (Å²) in [5, 5.41) is 13.6. The number of hydrogen-bond donors (Lipinski definition) is 2. The van der Waals surface area contributed by atoms with Crippen molar-refractivity contribution < 1.29 is 9.50 Å². The van der Waals surface area contributed by atoms with Gasteiger partial charge in [0, 0.05) is 17.3 Å². The fourth-order valence-electron chi connectivity index (χ4n) is 5.30. The molecular weight excluding hydrogens is 411 g/mol. The summed E-state index contributed by atoms with van der Waals surface area (Å²) in [7, 11) is 0. The fourth-order valence-corrected chi connectivity index (χ4v) is 5.30. The molecule has 4 rings (SSSR count). The third-order valence-electron chi connectivity index (χ3n) is 7.04. The molecule has 2 atom stereocenters. The third-order valence-corrected chi connectivity index (χ3v) is 7.04. The number of pyridine rings is 1. The van der Waals surface area contributed by atoms with E-state index in [0.29, 0.717) is 6.42 Å². The molecule has 0 radical (unpaired) electrons. The number of rotatable bonds is 7. The van der Waals surface area contributed by atoms with E-state index in [1.165, 1.54) is 6.07 Å². The van der Waals surface area contributed by atoms with Crippen LogP contribution < -0.4 is 0 Å². The maximum Gasteiger partial charge on any atom is 0.123 e. The van der Waals surface area contributed by atoms with Gasteiger partial charge in [0.05, 0.1) is 23.2 Å². The van der Waals surface area contributed by atoms with Crippen LogP contribution in [0, 0.1) is 18.7 Å². The Balaban J connectivity index is 1.87. The largest absolute Gasteiger partial charge is 0.389 e. The molecule has 4 aromatic rings. The normalized spacial score (nSPS) is 15.0. The van der Waals surface area contributed by atoms with Gasteiger partial charge >= 0.3 is 0 Å². The maximum absolute atomic E-state index is 14.2. The standard InChI is InChI=1S/C29H33FN2O/c1-19(2)29(33,18-28(4,5)24-16-23(30)12-11-20(24)3)27(21-9-7-6-8-10-21)25-15-22-13-14-31-17-26(22)32-25/h6-17,19,27,32-33H,18H2,1-5H3. The molecule has 4 heteroatoms. The van der Waals surface area contributed by atoms with Crippen molar-refractivity contribution >= 4 is 10.9 Å². The summed E-state index contributed by atoms with van der Waals surface area (Å²) in [5.74, 6) is -0.598. The first kappa shape index (κ1) is 23.2.